The minimum Gasteiger partial charge on any atom is -0.355 e. The van der Waals surface area contributed by atoms with Gasteiger partial charge in [0.1, 0.15) is 0 Å². The van der Waals surface area contributed by atoms with E-state index in [4.69, 9.17) is 23.2 Å². The van der Waals surface area contributed by atoms with Crippen LogP contribution in [0, 0.1) is 5.92 Å². The Morgan fingerprint density at radius 2 is 2.20 bits per heavy atom. The zero-order valence-electron chi connectivity index (χ0n) is 10.9. The van der Waals surface area contributed by atoms with Gasteiger partial charge in [-0.25, -0.2) is 0 Å². The van der Waals surface area contributed by atoms with Crippen LogP contribution in [-0.2, 0) is 16.0 Å². The van der Waals surface area contributed by atoms with Crippen LogP contribution in [0.2, 0.25) is 10.0 Å². The third kappa shape index (κ3) is 4.12. The smallest absolute Gasteiger partial charge is 0.224 e. The Labute approximate surface area is 127 Å². The molecule has 4 nitrogen and oxygen atoms in total. The largest absolute Gasteiger partial charge is 0.355 e. The van der Waals surface area contributed by atoms with Gasteiger partial charge in [-0.2, -0.15) is 0 Å². The van der Waals surface area contributed by atoms with Crippen molar-refractivity contribution in [3.63, 3.8) is 0 Å². The van der Waals surface area contributed by atoms with Gasteiger partial charge in [0, 0.05) is 29.6 Å². The average molecular weight is 315 g/mol. The van der Waals surface area contributed by atoms with Crippen molar-refractivity contribution in [2.45, 2.75) is 19.3 Å². The fraction of sp³-hybridized carbons (Fsp3) is 0.429. The first kappa shape index (κ1) is 15.1. The Morgan fingerprint density at radius 1 is 1.40 bits per heavy atom. The molecule has 2 amide bonds. The van der Waals surface area contributed by atoms with Gasteiger partial charge in [0.2, 0.25) is 11.8 Å². The highest BCUT2D eigenvalue weighted by Gasteiger charge is 2.23. The van der Waals surface area contributed by atoms with Crippen LogP contribution in [0.25, 0.3) is 0 Å². The fourth-order valence-corrected chi connectivity index (χ4v) is 2.65. The minimum absolute atomic E-state index is 0.0157. The minimum atomic E-state index is -0.131. The van der Waals surface area contributed by atoms with Gasteiger partial charge < -0.3 is 10.6 Å². The molecule has 1 aliphatic rings. The molecule has 1 fully saturated rings. The molecule has 0 bridgehead atoms. The molecule has 1 aliphatic heterocycles. The molecule has 108 valence electrons. The maximum atomic E-state index is 11.9. The Morgan fingerprint density at radius 3 is 2.85 bits per heavy atom. The van der Waals surface area contributed by atoms with Crippen molar-refractivity contribution in [1.29, 1.82) is 0 Å². The molecule has 0 aromatic heterocycles. The van der Waals surface area contributed by atoms with Gasteiger partial charge in [0.15, 0.2) is 0 Å². The van der Waals surface area contributed by atoms with Crippen LogP contribution in [0.3, 0.4) is 0 Å². The standard InChI is InChI=1S/C14H16Cl2N2O2/c15-11-3-1-9(12(16)7-11)5-6-17-14(20)10-2-4-13(19)18-8-10/h1,3,7,10H,2,4-6,8H2,(H,17,20)(H,18,19). The molecular weight excluding hydrogens is 299 g/mol. The summed E-state index contributed by atoms with van der Waals surface area (Å²) in [4.78, 5) is 22.9. The van der Waals surface area contributed by atoms with E-state index in [1.165, 1.54) is 0 Å². The van der Waals surface area contributed by atoms with Crippen LogP contribution in [0.5, 0.6) is 0 Å². The van der Waals surface area contributed by atoms with Crippen molar-refractivity contribution < 1.29 is 9.59 Å². The summed E-state index contributed by atoms with van der Waals surface area (Å²) in [5.41, 5.74) is 0.952. The highest BCUT2D eigenvalue weighted by molar-refractivity contribution is 6.35. The van der Waals surface area contributed by atoms with Gasteiger partial charge in [-0.1, -0.05) is 29.3 Å². The number of carbonyl (C=O) groups excluding carboxylic acids is 2. The van der Waals surface area contributed by atoms with E-state index in [0.29, 0.717) is 42.4 Å². The van der Waals surface area contributed by atoms with E-state index < -0.39 is 0 Å². The molecule has 6 heteroatoms. The maximum Gasteiger partial charge on any atom is 0.224 e. The van der Waals surface area contributed by atoms with Gasteiger partial charge in [0.05, 0.1) is 5.92 Å². The highest BCUT2D eigenvalue weighted by Crippen LogP contribution is 2.21. The molecular formula is C14H16Cl2N2O2. The highest BCUT2D eigenvalue weighted by atomic mass is 35.5. The molecule has 1 aromatic rings. The van der Waals surface area contributed by atoms with E-state index in [1.807, 2.05) is 6.07 Å². The van der Waals surface area contributed by atoms with E-state index in [9.17, 15) is 9.59 Å². The molecule has 1 unspecified atom stereocenters. The number of nitrogens with one attached hydrogen (secondary N) is 2. The van der Waals surface area contributed by atoms with E-state index in [2.05, 4.69) is 10.6 Å². The molecule has 0 saturated carbocycles. The first-order valence-corrected chi connectivity index (χ1v) is 7.30. The van der Waals surface area contributed by atoms with Crippen molar-refractivity contribution >= 4 is 35.0 Å². The van der Waals surface area contributed by atoms with E-state index >= 15 is 0 Å². The number of rotatable bonds is 4. The number of benzene rings is 1. The predicted octanol–water partition coefficient (Wildman–Crippen LogP) is 2.18. The van der Waals surface area contributed by atoms with Crippen LogP contribution in [-0.4, -0.2) is 24.9 Å². The quantitative estimate of drug-likeness (QED) is 0.895. The summed E-state index contributed by atoms with van der Waals surface area (Å²) in [5, 5.41) is 6.78. The van der Waals surface area contributed by atoms with Crippen LogP contribution >= 0.6 is 23.2 Å². The molecule has 2 N–H and O–H groups in total. The summed E-state index contributed by atoms with van der Waals surface area (Å²) in [7, 11) is 0. The monoisotopic (exact) mass is 314 g/mol. The third-order valence-corrected chi connectivity index (χ3v) is 3.93. The van der Waals surface area contributed by atoms with Gasteiger partial charge in [-0.15, -0.1) is 0 Å². The van der Waals surface area contributed by atoms with Gasteiger partial charge in [0.25, 0.3) is 0 Å². The Kier molecular flexibility index (Phi) is 5.26. The van der Waals surface area contributed by atoms with E-state index in [0.717, 1.165) is 5.56 Å². The predicted molar refractivity (Wildman–Crippen MR) is 78.9 cm³/mol. The summed E-state index contributed by atoms with van der Waals surface area (Å²) in [5.74, 6) is -0.134. The van der Waals surface area contributed by atoms with Crippen LogP contribution in [0.15, 0.2) is 18.2 Å². The van der Waals surface area contributed by atoms with Gasteiger partial charge in [-0.05, 0) is 30.5 Å². The molecule has 1 heterocycles. The van der Waals surface area contributed by atoms with Gasteiger partial charge >= 0.3 is 0 Å². The van der Waals surface area contributed by atoms with Crippen molar-refractivity contribution in [2.75, 3.05) is 13.1 Å². The summed E-state index contributed by atoms with van der Waals surface area (Å²) in [6.45, 7) is 0.941. The number of hydrogen-bond acceptors (Lipinski definition) is 2. The van der Waals surface area contributed by atoms with Crippen molar-refractivity contribution in [1.82, 2.24) is 10.6 Å². The Hall–Kier alpha value is -1.26. The molecule has 2 rings (SSSR count). The lowest BCUT2D eigenvalue weighted by Crippen LogP contribution is -2.43. The second-order valence-corrected chi connectivity index (χ2v) is 5.66. The van der Waals surface area contributed by atoms with Crippen LogP contribution in [0.1, 0.15) is 18.4 Å². The topological polar surface area (TPSA) is 58.2 Å². The molecule has 0 spiro atoms. The summed E-state index contributed by atoms with van der Waals surface area (Å²) >= 11 is 11.9. The first-order valence-electron chi connectivity index (χ1n) is 6.54. The summed E-state index contributed by atoms with van der Waals surface area (Å²) < 4.78 is 0. The third-order valence-electron chi connectivity index (χ3n) is 3.34. The van der Waals surface area contributed by atoms with Crippen LogP contribution < -0.4 is 10.6 Å². The number of piperidine rings is 1. The normalized spacial score (nSPS) is 18.5. The lowest BCUT2D eigenvalue weighted by Gasteiger charge is -2.21. The zero-order valence-corrected chi connectivity index (χ0v) is 12.4. The molecule has 1 aromatic carbocycles. The van der Waals surface area contributed by atoms with Gasteiger partial charge in [-0.3, -0.25) is 9.59 Å². The number of carbonyl (C=O) groups is 2. The number of halogens is 2. The summed E-state index contributed by atoms with van der Waals surface area (Å²) in [6.07, 6.45) is 1.68. The summed E-state index contributed by atoms with van der Waals surface area (Å²) in [6, 6.07) is 5.33. The average Bonchev–Trinajstić information content (AvgIpc) is 2.42. The fourth-order valence-electron chi connectivity index (χ4n) is 2.15. The molecule has 1 saturated heterocycles. The molecule has 0 aliphatic carbocycles. The molecule has 1 atom stereocenters. The van der Waals surface area contributed by atoms with Crippen molar-refractivity contribution in [3.8, 4) is 0 Å². The Balaban J connectivity index is 1.78. The SMILES string of the molecule is O=C1CCC(C(=O)NCCc2ccc(Cl)cc2Cl)CN1. The van der Waals surface area contributed by atoms with E-state index in [-0.39, 0.29) is 17.7 Å². The Bertz CT molecular complexity index is 510. The second kappa shape index (κ2) is 6.95. The lowest BCUT2D eigenvalue weighted by molar-refractivity contribution is -0.128. The van der Waals surface area contributed by atoms with E-state index in [1.54, 1.807) is 12.1 Å². The second-order valence-electron chi connectivity index (χ2n) is 4.82. The van der Waals surface area contributed by atoms with Crippen molar-refractivity contribution in [2.24, 2.45) is 5.92 Å². The lowest BCUT2D eigenvalue weighted by atomic mass is 9.98. The number of hydrogen-bond donors (Lipinski definition) is 2. The number of amides is 2. The van der Waals surface area contributed by atoms with Crippen LogP contribution in [0.4, 0.5) is 0 Å². The molecule has 20 heavy (non-hydrogen) atoms. The van der Waals surface area contributed by atoms with Crippen molar-refractivity contribution in [3.05, 3.63) is 33.8 Å². The zero-order chi connectivity index (χ0) is 14.5. The first-order chi connectivity index (χ1) is 9.56. The maximum absolute atomic E-state index is 11.9. The molecule has 0 radical (unpaired) electrons.